The largest absolute Gasteiger partial charge is 0.338 e. The summed E-state index contributed by atoms with van der Waals surface area (Å²) >= 11 is 11.7. The minimum atomic E-state index is 0.676. The number of nitrogens with zero attached hydrogens (tertiary/aromatic N) is 7. The van der Waals surface area contributed by atoms with Crippen LogP contribution < -0.4 is 4.90 Å². The summed E-state index contributed by atoms with van der Waals surface area (Å²) in [6, 6.07) is 9.56. The average molecular weight is 416 g/mol. The van der Waals surface area contributed by atoms with Crippen molar-refractivity contribution in [2.75, 3.05) is 31.1 Å². The van der Waals surface area contributed by atoms with Gasteiger partial charge in [-0.1, -0.05) is 11.6 Å². The normalized spacial score (nSPS) is 15.1. The van der Waals surface area contributed by atoms with Gasteiger partial charge >= 0.3 is 0 Å². The molecule has 1 aliphatic heterocycles. The number of anilines is 1. The molecule has 0 saturated carbocycles. The van der Waals surface area contributed by atoms with Crippen molar-refractivity contribution in [2.45, 2.75) is 20.1 Å². The smallest absolute Gasteiger partial charge is 0.225 e. The average Bonchev–Trinajstić information content (AvgIpc) is 3.05. The van der Waals surface area contributed by atoms with Crippen molar-refractivity contribution >= 4 is 29.8 Å². The van der Waals surface area contributed by atoms with Gasteiger partial charge in [-0.3, -0.25) is 4.90 Å². The summed E-state index contributed by atoms with van der Waals surface area (Å²) in [4.78, 5) is 13.2. The lowest BCUT2D eigenvalue weighted by molar-refractivity contribution is 0.193. The van der Waals surface area contributed by atoms with Crippen molar-refractivity contribution < 1.29 is 0 Å². The third-order valence-corrected chi connectivity index (χ3v) is 5.57. The van der Waals surface area contributed by atoms with Gasteiger partial charge in [0.15, 0.2) is 10.6 Å². The van der Waals surface area contributed by atoms with Gasteiger partial charge in [-0.2, -0.15) is 5.10 Å². The Balaban J connectivity index is 1.48. The molecule has 3 aromatic rings. The third kappa shape index (κ3) is 3.94. The minimum absolute atomic E-state index is 0.676. The molecule has 0 unspecified atom stereocenters. The molecule has 9 heteroatoms. The molecule has 0 N–H and O–H groups in total. The van der Waals surface area contributed by atoms with Gasteiger partial charge < -0.3 is 9.47 Å². The van der Waals surface area contributed by atoms with Crippen LogP contribution in [0.25, 0.3) is 11.4 Å². The van der Waals surface area contributed by atoms with Gasteiger partial charge in [0, 0.05) is 55.7 Å². The van der Waals surface area contributed by atoms with Crippen LogP contribution in [0.4, 0.5) is 5.95 Å². The summed E-state index contributed by atoms with van der Waals surface area (Å²) in [6.07, 6.45) is 3.56. The number of hydrogen-bond donors (Lipinski definition) is 0. The molecule has 0 atom stereocenters. The van der Waals surface area contributed by atoms with Crippen LogP contribution in [0.5, 0.6) is 0 Å². The highest BCUT2D eigenvalue weighted by atomic mass is 35.5. The van der Waals surface area contributed by atoms with Crippen LogP contribution in [0.3, 0.4) is 0 Å². The first kappa shape index (κ1) is 19.0. The molecule has 0 amide bonds. The standard InChI is InChI=1S/C19H22ClN7S/c1-2-26-17(15-4-6-16(20)7-5-15)23-27(19(26)28)14-24-10-12-25(13-11-24)18-21-8-3-9-22-18/h3-9H,2,10-14H2,1H3. The first-order valence-corrected chi connectivity index (χ1v) is 10.1. The SMILES string of the molecule is CCn1c(-c2ccc(Cl)cc2)nn(CN2CCN(c3ncccn3)CC2)c1=S. The Morgan fingerprint density at radius 3 is 2.36 bits per heavy atom. The zero-order chi connectivity index (χ0) is 19.5. The third-order valence-electron chi connectivity index (χ3n) is 4.88. The van der Waals surface area contributed by atoms with E-state index in [4.69, 9.17) is 28.9 Å². The minimum Gasteiger partial charge on any atom is -0.338 e. The molecule has 0 spiro atoms. The lowest BCUT2D eigenvalue weighted by atomic mass is 10.2. The molecular formula is C19H22ClN7S. The van der Waals surface area contributed by atoms with E-state index in [9.17, 15) is 0 Å². The summed E-state index contributed by atoms with van der Waals surface area (Å²) in [5, 5.41) is 5.52. The van der Waals surface area contributed by atoms with E-state index in [0.717, 1.165) is 54.8 Å². The van der Waals surface area contributed by atoms with E-state index < -0.39 is 0 Å². The van der Waals surface area contributed by atoms with Crippen LogP contribution in [0, 0.1) is 4.77 Å². The quantitative estimate of drug-likeness (QED) is 0.596. The topological polar surface area (TPSA) is 55.0 Å². The molecule has 1 aliphatic rings. The number of rotatable bonds is 5. The van der Waals surface area contributed by atoms with Crippen LogP contribution in [-0.4, -0.2) is 55.4 Å². The van der Waals surface area contributed by atoms with E-state index in [2.05, 4.69) is 31.3 Å². The predicted molar refractivity (Wildman–Crippen MR) is 113 cm³/mol. The highest BCUT2D eigenvalue weighted by Gasteiger charge is 2.20. The van der Waals surface area contributed by atoms with Gasteiger partial charge in [-0.15, -0.1) is 0 Å². The van der Waals surface area contributed by atoms with Crippen molar-refractivity contribution in [3.05, 3.63) is 52.5 Å². The molecule has 0 radical (unpaired) electrons. The summed E-state index contributed by atoms with van der Waals surface area (Å²) in [5.74, 6) is 1.67. The summed E-state index contributed by atoms with van der Waals surface area (Å²) in [7, 11) is 0. The second-order valence-corrected chi connectivity index (χ2v) is 7.45. The monoisotopic (exact) mass is 415 g/mol. The van der Waals surface area contributed by atoms with Gasteiger partial charge in [-0.25, -0.2) is 14.6 Å². The van der Waals surface area contributed by atoms with Crippen LogP contribution in [-0.2, 0) is 13.2 Å². The fraction of sp³-hybridized carbons (Fsp3) is 0.368. The Morgan fingerprint density at radius 2 is 1.71 bits per heavy atom. The maximum Gasteiger partial charge on any atom is 0.225 e. The fourth-order valence-corrected chi connectivity index (χ4v) is 3.80. The second kappa shape index (κ2) is 8.38. The lowest BCUT2D eigenvalue weighted by Crippen LogP contribution is -2.47. The van der Waals surface area contributed by atoms with Crippen LogP contribution in [0.15, 0.2) is 42.7 Å². The Kier molecular flexibility index (Phi) is 5.70. The number of halogens is 1. The Bertz CT molecular complexity index is 976. The Labute approximate surface area is 174 Å². The van der Waals surface area contributed by atoms with Crippen LogP contribution in [0.2, 0.25) is 5.02 Å². The molecule has 1 saturated heterocycles. The van der Waals surface area contributed by atoms with E-state index in [-0.39, 0.29) is 0 Å². The van der Waals surface area contributed by atoms with E-state index in [1.807, 2.05) is 35.0 Å². The lowest BCUT2D eigenvalue weighted by Gasteiger charge is -2.34. The zero-order valence-electron chi connectivity index (χ0n) is 15.7. The van der Waals surface area contributed by atoms with Crippen molar-refractivity contribution in [1.82, 2.24) is 29.2 Å². The molecule has 0 bridgehead atoms. The summed E-state index contributed by atoms with van der Waals surface area (Å²) in [6.45, 7) is 7.13. The van der Waals surface area contributed by atoms with Crippen molar-refractivity contribution in [3.63, 3.8) is 0 Å². The maximum absolute atomic E-state index is 6.02. The Hall–Kier alpha value is -2.29. The van der Waals surface area contributed by atoms with Crippen LogP contribution in [0.1, 0.15) is 6.92 Å². The molecule has 0 aliphatic carbocycles. The van der Waals surface area contributed by atoms with Gasteiger partial charge in [0.25, 0.3) is 0 Å². The summed E-state index contributed by atoms with van der Waals surface area (Å²) in [5.41, 5.74) is 1.02. The van der Waals surface area contributed by atoms with E-state index >= 15 is 0 Å². The molecule has 28 heavy (non-hydrogen) atoms. The fourth-order valence-electron chi connectivity index (χ4n) is 3.36. The van der Waals surface area contributed by atoms with E-state index in [1.54, 1.807) is 12.4 Å². The first-order valence-electron chi connectivity index (χ1n) is 9.33. The maximum atomic E-state index is 6.02. The van der Waals surface area contributed by atoms with Crippen molar-refractivity contribution in [3.8, 4) is 11.4 Å². The van der Waals surface area contributed by atoms with E-state index in [1.165, 1.54) is 0 Å². The Morgan fingerprint density at radius 1 is 1.04 bits per heavy atom. The highest BCUT2D eigenvalue weighted by molar-refractivity contribution is 7.71. The van der Waals surface area contributed by atoms with E-state index in [0.29, 0.717) is 11.7 Å². The second-order valence-electron chi connectivity index (χ2n) is 6.65. The molecule has 4 rings (SSSR count). The zero-order valence-corrected chi connectivity index (χ0v) is 17.3. The molecule has 1 aromatic carbocycles. The number of benzene rings is 1. The number of piperazine rings is 1. The van der Waals surface area contributed by atoms with Gasteiger partial charge in [-0.05, 0) is 49.5 Å². The number of aromatic nitrogens is 5. The van der Waals surface area contributed by atoms with Crippen molar-refractivity contribution in [2.24, 2.45) is 0 Å². The molecule has 7 nitrogen and oxygen atoms in total. The van der Waals surface area contributed by atoms with Gasteiger partial charge in [0.2, 0.25) is 5.95 Å². The van der Waals surface area contributed by atoms with Gasteiger partial charge in [0.05, 0.1) is 6.67 Å². The molecule has 1 fully saturated rings. The molecule has 3 heterocycles. The number of hydrogen-bond acceptors (Lipinski definition) is 6. The van der Waals surface area contributed by atoms with Gasteiger partial charge in [0.1, 0.15) is 0 Å². The van der Waals surface area contributed by atoms with Crippen LogP contribution >= 0.6 is 23.8 Å². The highest BCUT2D eigenvalue weighted by Crippen LogP contribution is 2.21. The van der Waals surface area contributed by atoms with Crippen molar-refractivity contribution in [1.29, 1.82) is 0 Å². The molecule has 2 aromatic heterocycles. The predicted octanol–water partition coefficient (Wildman–Crippen LogP) is 3.32. The molecular weight excluding hydrogens is 394 g/mol. The molecule has 146 valence electrons. The first-order chi connectivity index (χ1) is 13.7. The summed E-state index contributed by atoms with van der Waals surface area (Å²) < 4.78 is 4.71.